The van der Waals surface area contributed by atoms with Crippen molar-refractivity contribution in [2.24, 2.45) is 5.92 Å². The van der Waals surface area contributed by atoms with Crippen molar-refractivity contribution in [1.29, 1.82) is 0 Å². The molecule has 0 spiro atoms. The predicted molar refractivity (Wildman–Crippen MR) is 66.4 cm³/mol. The van der Waals surface area contributed by atoms with Gasteiger partial charge in [0.2, 0.25) is 0 Å². The van der Waals surface area contributed by atoms with E-state index in [1.807, 2.05) is 0 Å². The number of rotatable bonds is 10. The molecule has 1 unspecified atom stereocenters. The van der Waals surface area contributed by atoms with Gasteiger partial charge in [-0.15, -0.1) is 0 Å². The van der Waals surface area contributed by atoms with Gasteiger partial charge in [0.05, 0.1) is 0 Å². The lowest BCUT2D eigenvalue weighted by molar-refractivity contribution is 0.483. The van der Waals surface area contributed by atoms with Crippen molar-refractivity contribution in [2.75, 3.05) is 0 Å². The van der Waals surface area contributed by atoms with E-state index in [2.05, 4.69) is 20.8 Å². The van der Waals surface area contributed by atoms with Crippen molar-refractivity contribution < 1.29 is 0 Å². The van der Waals surface area contributed by atoms with Crippen molar-refractivity contribution in [3.63, 3.8) is 0 Å². The Morgan fingerprint density at radius 2 is 1.36 bits per heavy atom. The first kappa shape index (κ1) is 14.0. The summed E-state index contributed by atoms with van der Waals surface area (Å²) in [4.78, 5) is 0. The summed E-state index contributed by atoms with van der Waals surface area (Å²) in [6, 6.07) is 0. The second-order valence-corrected chi connectivity index (χ2v) is 4.66. The Morgan fingerprint density at radius 1 is 0.857 bits per heavy atom. The van der Waals surface area contributed by atoms with Gasteiger partial charge in [0, 0.05) is 0 Å². The van der Waals surface area contributed by atoms with Gasteiger partial charge in [0.1, 0.15) is 0 Å². The van der Waals surface area contributed by atoms with Crippen molar-refractivity contribution >= 4 is 0 Å². The second kappa shape index (κ2) is 11.1. The highest BCUT2D eigenvalue weighted by Gasteiger charge is 1.97. The number of hydrogen-bond donors (Lipinski definition) is 0. The van der Waals surface area contributed by atoms with Crippen LogP contribution in [0.5, 0.6) is 0 Å². The van der Waals surface area contributed by atoms with Crippen LogP contribution in [0, 0.1) is 12.8 Å². The number of unbranched alkanes of at least 4 members (excludes halogenated alkanes) is 7. The van der Waals surface area contributed by atoms with Gasteiger partial charge in [-0.05, 0) is 5.92 Å². The molecule has 0 bridgehead atoms. The maximum absolute atomic E-state index is 3.93. The molecule has 0 fully saturated rings. The topological polar surface area (TPSA) is 0 Å². The third-order valence-electron chi connectivity index (χ3n) is 3.04. The first-order valence-corrected chi connectivity index (χ1v) is 6.60. The molecule has 0 aliphatic rings. The van der Waals surface area contributed by atoms with Gasteiger partial charge in [-0.1, -0.05) is 85.0 Å². The summed E-state index contributed by atoms with van der Waals surface area (Å²) in [5, 5.41) is 0. The Kier molecular flexibility index (Phi) is 11.1. The van der Waals surface area contributed by atoms with E-state index in [1.54, 1.807) is 0 Å². The van der Waals surface area contributed by atoms with Crippen LogP contribution < -0.4 is 0 Å². The molecule has 0 heterocycles. The van der Waals surface area contributed by atoms with Crippen LogP contribution in [0.2, 0.25) is 0 Å². The van der Waals surface area contributed by atoms with Crippen LogP contribution in [0.25, 0.3) is 0 Å². The van der Waals surface area contributed by atoms with Gasteiger partial charge < -0.3 is 0 Å². The van der Waals surface area contributed by atoms with Crippen molar-refractivity contribution in [3.05, 3.63) is 6.92 Å². The first-order chi connectivity index (χ1) is 6.81. The normalized spacial score (nSPS) is 13.1. The monoisotopic (exact) mass is 197 g/mol. The highest BCUT2D eigenvalue weighted by molar-refractivity contribution is 4.55. The first-order valence-electron chi connectivity index (χ1n) is 6.60. The zero-order chi connectivity index (χ0) is 10.6. The lowest BCUT2D eigenvalue weighted by atomic mass is 10.00. The summed E-state index contributed by atoms with van der Waals surface area (Å²) in [6.07, 6.45) is 14.0. The molecule has 0 nitrogen and oxygen atoms in total. The fourth-order valence-electron chi connectivity index (χ4n) is 1.77. The average Bonchev–Trinajstić information content (AvgIpc) is 2.21. The largest absolute Gasteiger partial charge is 0.0654 e. The van der Waals surface area contributed by atoms with Crippen LogP contribution in [-0.2, 0) is 0 Å². The molecule has 0 saturated heterocycles. The van der Waals surface area contributed by atoms with Crippen LogP contribution in [0.4, 0.5) is 0 Å². The van der Waals surface area contributed by atoms with E-state index in [0.29, 0.717) is 0 Å². The van der Waals surface area contributed by atoms with E-state index in [4.69, 9.17) is 0 Å². The predicted octanol–water partition coefficient (Wildman–Crippen LogP) is 5.38. The second-order valence-electron chi connectivity index (χ2n) is 4.66. The molecule has 0 N–H and O–H groups in total. The van der Waals surface area contributed by atoms with E-state index in [1.165, 1.54) is 57.8 Å². The van der Waals surface area contributed by atoms with Crippen molar-refractivity contribution in [2.45, 2.75) is 78.1 Å². The zero-order valence-electron chi connectivity index (χ0n) is 10.4. The molecule has 0 aliphatic heterocycles. The fraction of sp³-hybridized carbons (Fsp3) is 0.929. The Bertz CT molecular complexity index is 96.2. The maximum Gasteiger partial charge on any atom is -0.0443 e. The van der Waals surface area contributed by atoms with E-state index < -0.39 is 0 Å². The minimum atomic E-state index is 0.843. The molecule has 0 aromatic rings. The van der Waals surface area contributed by atoms with Gasteiger partial charge >= 0.3 is 0 Å². The van der Waals surface area contributed by atoms with Crippen LogP contribution in [-0.4, -0.2) is 0 Å². The molecule has 0 aromatic heterocycles. The highest BCUT2D eigenvalue weighted by atomic mass is 14.0. The average molecular weight is 197 g/mol. The van der Waals surface area contributed by atoms with Gasteiger partial charge in [0.25, 0.3) is 0 Å². The highest BCUT2D eigenvalue weighted by Crippen LogP contribution is 2.14. The van der Waals surface area contributed by atoms with Crippen LogP contribution >= 0.6 is 0 Å². The zero-order valence-corrected chi connectivity index (χ0v) is 10.4. The Balaban J connectivity index is 2.92. The minimum absolute atomic E-state index is 0.843. The third-order valence-corrected chi connectivity index (χ3v) is 3.04. The van der Waals surface area contributed by atoms with Crippen LogP contribution in [0.15, 0.2) is 0 Å². The molecule has 0 aromatic carbocycles. The summed E-state index contributed by atoms with van der Waals surface area (Å²) in [5.74, 6) is 0.843. The molecule has 85 valence electrons. The Labute approximate surface area is 91.5 Å². The molecule has 0 heteroatoms. The van der Waals surface area contributed by atoms with Crippen molar-refractivity contribution in [3.8, 4) is 0 Å². The molecule has 1 radical (unpaired) electrons. The van der Waals surface area contributed by atoms with Gasteiger partial charge in [-0.3, -0.25) is 0 Å². The van der Waals surface area contributed by atoms with E-state index in [-0.39, 0.29) is 0 Å². The summed E-state index contributed by atoms with van der Waals surface area (Å²) in [7, 11) is 0. The molecule has 0 amide bonds. The molecular formula is C14H29. The molecule has 14 heavy (non-hydrogen) atoms. The summed E-state index contributed by atoms with van der Waals surface area (Å²) in [6.45, 7) is 8.53. The molecule has 0 rings (SSSR count). The van der Waals surface area contributed by atoms with Gasteiger partial charge in [-0.25, -0.2) is 0 Å². The lowest BCUT2D eigenvalue weighted by Crippen LogP contribution is -1.91. The van der Waals surface area contributed by atoms with Crippen LogP contribution in [0.1, 0.15) is 78.1 Å². The standard InChI is InChI=1S/C14H29/c1-4-6-7-8-9-10-11-12-13-14(3)5-2/h14H,2,4-13H2,1,3H3. The van der Waals surface area contributed by atoms with Crippen LogP contribution in [0.3, 0.4) is 0 Å². The SMILES string of the molecule is [CH2]CC(C)CCCCCCCCCC. The smallest absolute Gasteiger partial charge is 0.0443 e. The summed E-state index contributed by atoms with van der Waals surface area (Å²) >= 11 is 0. The third kappa shape index (κ3) is 10.1. The summed E-state index contributed by atoms with van der Waals surface area (Å²) in [5.41, 5.74) is 0. The van der Waals surface area contributed by atoms with E-state index >= 15 is 0 Å². The Morgan fingerprint density at radius 3 is 1.86 bits per heavy atom. The van der Waals surface area contributed by atoms with Gasteiger partial charge in [-0.2, -0.15) is 0 Å². The maximum atomic E-state index is 3.93. The fourth-order valence-corrected chi connectivity index (χ4v) is 1.77. The molecule has 1 atom stereocenters. The lowest BCUT2D eigenvalue weighted by Gasteiger charge is -2.07. The molecular weight excluding hydrogens is 168 g/mol. The quantitative estimate of drug-likeness (QED) is 0.413. The van der Waals surface area contributed by atoms with Gasteiger partial charge in [0.15, 0.2) is 0 Å². The molecule has 0 saturated carbocycles. The van der Waals surface area contributed by atoms with E-state index in [0.717, 1.165) is 12.3 Å². The van der Waals surface area contributed by atoms with Crippen molar-refractivity contribution in [1.82, 2.24) is 0 Å². The minimum Gasteiger partial charge on any atom is -0.0654 e. The molecule has 0 aliphatic carbocycles. The Hall–Kier alpha value is 0. The number of hydrogen-bond acceptors (Lipinski definition) is 0. The van der Waals surface area contributed by atoms with E-state index in [9.17, 15) is 0 Å². The summed E-state index contributed by atoms with van der Waals surface area (Å²) < 4.78 is 0.